The number of hydrazine groups is 1. The molecule has 7 heteroatoms. The molecule has 154 valence electrons. The average molecular weight is 398 g/mol. The molecule has 0 fully saturated rings. The van der Waals surface area contributed by atoms with Crippen LogP contribution in [0.5, 0.6) is 5.75 Å². The minimum atomic E-state index is -1.08. The lowest BCUT2D eigenvalue weighted by Gasteiger charge is -2.14. The van der Waals surface area contributed by atoms with Gasteiger partial charge in [0.05, 0.1) is 12.2 Å². The Bertz CT molecular complexity index is 806. The molecule has 2 aromatic carbocycles. The van der Waals surface area contributed by atoms with Crippen molar-refractivity contribution in [2.45, 2.75) is 39.2 Å². The second kappa shape index (κ2) is 11.5. The Labute approximate surface area is 170 Å². The molecule has 0 spiro atoms. The van der Waals surface area contributed by atoms with Crippen molar-refractivity contribution in [3.05, 3.63) is 65.7 Å². The number of hydrogen-bond acceptors (Lipinski definition) is 5. The Morgan fingerprint density at radius 2 is 1.59 bits per heavy atom. The lowest BCUT2D eigenvalue weighted by Crippen LogP contribution is -2.46. The van der Waals surface area contributed by atoms with Crippen molar-refractivity contribution in [1.29, 1.82) is 0 Å². The van der Waals surface area contributed by atoms with E-state index in [2.05, 4.69) is 17.8 Å². The number of unbranched alkanes of at least 4 members (excludes halogenated alkanes) is 2. The van der Waals surface area contributed by atoms with Gasteiger partial charge in [0, 0.05) is 5.56 Å². The summed E-state index contributed by atoms with van der Waals surface area (Å²) < 4.78 is 10.7. The Morgan fingerprint density at radius 1 is 0.897 bits per heavy atom. The monoisotopic (exact) mass is 398 g/mol. The summed E-state index contributed by atoms with van der Waals surface area (Å²) in [7, 11) is 0. The normalized spacial score (nSPS) is 11.2. The molecule has 0 aliphatic rings. The van der Waals surface area contributed by atoms with Crippen LogP contribution in [0.1, 0.15) is 53.8 Å². The number of carbonyl (C=O) groups is 3. The van der Waals surface area contributed by atoms with Gasteiger partial charge in [-0.2, -0.15) is 0 Å². The van der Waals surface area contributed by atoms with Gasteiger partial charge in [0.15, 0.2) is 6.10 Å². The van der Waals surface area contributed by atoms with E-state index in [-0.39, 0.29) is 0 Å². The summed E-state index contributed by atoms with van der Waals surface area (Å²) in [6.45, 7) is 4.18. The number of ether oxygens (including phenoxy) is 2. The molecule has 0 aromatic heterocycles. The predicted molar refractivity (Wildman–Crippen MR) is 108 cm³/mol. The Kier molecular flexibility index (Phi) is 8.69. The van der Waals surface area contributed by atoms with Gasteiger partial charge in [-0.25, -0.2) is 4.79 Å². The molecule has 29 heavy (non-hydrogen) atoms. The van der Waals surface area contributed by atoms with Gasteiger partial charge in [0.25, 0.3) is 11.8 Å². The average Bonchev–Trinajstić information content (AvgIpc) is 2.75. The zero-order valence-electron chi connectivity index (χ0n) is 16.6. The highest BCUT2D eigenvalue weighted by Gasteiger charge is 2.19. The first-order valence-electron chi connectivity index (χ1n) is 9.60. The first-order chi connectivity index (χ1) is 14.0. The molecule has 2 amide bonds. The van der Waals surface area contributed by atoms with Crippen LogP contribution in [-0.2, 0) is 9.53 Å². The van der Waals surface area contributed by atoms with E-state index in [0.29, 0.717) is 23.5 Å². The number of amides is 2. The van der Waals surface area contributed by atoms with Crippen LogP contribution in [0.2, 0.25) is 0 Å². The largest absolute Gasteiger partial charge is 0.494 e. The first kappa shape index (κ1) is 21.9. The molecule has 0 unspecified atom stereocenters. The summed E-state index contributed by atoms with van der Waals surface area (Å²) >= 11 is 0. The highest BCUT2D eigenvalue weighted by molar-refractivity contribution is 5.96. The maximum Gasteiger partial charge on any atom is 0.338 e. The molecular weight excluding hydrogens is 372 g/mol. The van der Waals surface area contributed by atoms with Gasteiger partial charge >= 0.3 is 5.97 Å². The third-order valence-corrected chi connectivity index (χ3v) is 4.09. The lowest BCUT2D eigenvalue weighted by atomic mass is 10.2. The highest BCUT2D eigenvalue weighted by atomic mass is 16.5. The summed E-state index contributed by atoms with van der Waals surface area (Å²) in [4.78, 5) is 36.2. The predicted octanol–water partition coefficient (Wildman–Crippen LogP) is 3.26. The number of hydrogen-bond donors (Lipinski definition) is 2. The maximum atomic E-state index is 12.2. The van der Waals surface area contributed by atoms with Crippen LogP contribution in [0.4, 0.5) is 0 Å². The molecule has 0 bridgehead atoms. The smallest absolute Gasteiger partial charge is 0.338 e. The second-order valence-corrected chi connectivity index (χ2v) is 6.44. The van der Waals surface area contributed by atoms with E-state index >= 15 is 0 Å². The third-order valence-electron chi connectivity index (χ3n) is 4.09. The minimum absolute atomic E-state index is 0.305. The van der Waals surface area contributed by atoms with Gasteiger partial charge in [0.2, 0.25) is 0 Å². The van der Waals surface area contributed by atoms with Crippen molar-refractivity contribution in [3.8, 4) is 5.75 Å². The van der Waals surface area contributed by atoms with Crippen molar-refractivity contribution in [3.63, 3.8) is 0 Å². The van der Waals surface area contributed by atoms with Crippen LogP contribution in [-0.4, -0.2) is 30.5 Å². The molecule has 7 nitrogen and oxygen atoms in total. The number of rotatable bonds is 9. The first-order valence-corrected chi connectivity index (χ1v) is 9.60. The molecule has 0 aliphatic heterocycles. The molecule has 2 N–H and O–H groups in total. The molecule has 0 radical (unpaired) electrons. The van der Waals surface area contributed by atoms with E-state index in [1.807, 2.05) is 0 Å². The summed E-state index contributed by atoms with van der Waals surface area (Å²) in [5.41, 5.74) is 5.23. The lowest BCUT2D eigenvalue weighted by molar-refractivity contribution is -0.129. The zero-order valence-corrected chi connectivity index (χ0v) is 16.6. The van der Waals surface area contributed by atoms with Gasteiger partial charge < -0.3 is 9.47 Å². The molecule has 1 atom stereocenters. The maximum absolute atomic E-state index is 12.2. The van der Waals surface area contributed by atoms with E-state index in [4.69, 9.17) is 9.47 Å². The van der Waals surface area contributed by atoms with E-state index in [9.17, 15) is 14.4 Å². The standard InChI is InChI=1S/C22H26N2O5/c1-3-4-8-15-28-19-13-11-18(12-14-19)22(27)29-16(2)20(25)23-24-21(26)17-9-6-5-7-10-17/h5-7,9-14,16H,3-4,8,15H2,1-2H3,(H,23,25)(H,24,26)/t16-/m0/s1. The van der Waals surface area contributed by atoms with Gasteiger partial charge in [-0.15, -0.1) is 0 Å². The van der Waals surface area contributed by atoms with Crippen LogP contribution in [0.3, 0.4) is 0 Å². The van der Waals surface area contributed by atoms with Gasteiger partial charge in [0.1, 0.15) is 5.75 Å². The highest BCUT2D eigenvalue weighted by Crippen LogP contribution is 2.14. The molecule has 0 heterocycles. The molecule has 2 rings (SSSR count). The van der Waals surface area contributed by atoms with Crippen LogP contribution in [0, 0.1) is 0 Å². The van der Waals surface area contributed by atoms with Crippen LogP contribution in [0.15, 0.2) is 54.6 Å². The van der Waals surface area contributed by atoms with Crippen molar-refractivity contribution in [2.24, 2.45) is 0 Å². The Balaban J connectivity index is 1.78. The van der Waals surface area contributed by atoms with Crippen LogP contribution < -0.4 is 15.6 Å². The SMILES string of the molecule is CCCCCOc1ccc(C(=O)O[C@@H](C)C(=O)NNC(=O)c2ccccc2)cc1. The molecular formula is C22H26N2O5. The van der Waals surface area contributed by atoms with Crippen molar-refractivity contribution >= 4 is 17.8 Å². The van der Waals surface area contributed by atoms with E-state index in [1.165, 1.54) is 6.92 Å². The van der Waals surface area contributed by atoms with Crippen molar-refractivity contribution < 1.29 is 23.9 Å². The summed E-state index contributed by atoms with van der Waals surface area (Å²) in [6.07, 6.45) is 2.13. The number of benzene rings is 2. The second-order valence-electron chi connectivity index (χ2n) is 6.44. The zero-order chi connectivity index (χ0) is 21.1. The summed E-state index contributed by atoms with van der Waals surface area (Å²) in [5, 5.41) is 0. The quantitative estimate of drug-likeness (QED) is 0.384. The fraction of sp³-hybridized carbons (Fsp3) is 0.318. The van der Waals surface area contributed by atoms with Gasteiger partial charge in [-0.3, -0.25) is 20.4 Å². The Morgan fingerprint density at radius 3 is 2.24 bits per heavy atom. The summed E-state index contributed by atoms with van der Waals surface area (Å²) in [5.74, 6) is -1.07. The molecule has 0 aliphatic carbocycles. The number of esters is 1. The van der Waals surface area contributed by atoms with E-state index in [0.717, 1.165) is 19.3 Å². The fourth-order valence-corrected chi connectivity index (χ4v) is 2.39. The number of nitrogens with one attached hydrogen (secondary N) is 2. The topological polar surface area (TPSA) is 93.7 Å². The Hall–Kier alpha value is -3.35. The molecule has 0 saturated carbocycles. The van der Waals surface area contributed by atoms with E-state index in [1.54, 1.807) is 54.6 Å². The van der Waals surface area contributed by atoms with Crippen molar-refractivity contribution in [1.82, 2.24) is 10.9 Å². The van der Waals surface area contributed by atoms with Crippen molar-refractivity contribution in [2.75, 3.05) is 6.61 Å². The van der Waals surface area contributed by atoms with E-state index < -0.39 is 23.9 Å². The van der Waals surface area contributed by atoms with Crippen LogP contribution >= 0.6 is 0 Å². The molecule has 2 aromatic rings. The minimum Gasteiger partial charge on any atom is -0.494 e. The van der Waals surface area contributed by atoms with Gasteiger partial charge in [-0.1, -0.05) is 38.0 Å². The van der Waals surface area contributed by atoms with Crippen LogP contribution in [0.25, 0.3) is 0 Å². The third kappa shape index (κ3) is 7.29. The molecule has 0 saturated heterocycles. The summed E-state index contributed by atoms with van der Waals surface area (Å²) in [6, 6.07) is 15.0. The number of carbonyl (C=O) groups excluding carboxylic acids is 3. The fourth-order valence-electron chi connectivity index (χ4n) is 2.39. The van der Waals surface area contributed by atoms with Gasteiger partial charge in [-0.05, 0) is 49.7 Å².